The molecule has 108 valence electrons. The van der Waals surface area contributed by atoms with Gasteiger partial charge in [-0.25, -0.2) is 13.2 Å². The maximum absolute atomic E-state index is 12.4. The van der Waals surface area contributed by atoms with Gasteiger partial charge in [-0.05, 0) is 17.9 Å². The van der Waals surface area contributed by atoms with Crippen LogP contribution >= 0.6 is 11.3 Å². The summed E-state index contributed by atoms with van der Waals surface area (Å²) in [4.78, 5) is 11.5. The van der Waals surface area contributed by atoms with Gasteiger partial charge in [-0.1, -0.05) is 6.92 Å². The molecule has 1 aromatic heterocycles. The minimum atomic E-state index is -3.78. The highest BCUT2D eigenvalue weighted by molar-refractivity contribution is 7.89. The van der Waals surface area contributed by atoms with E-state index in [0.717, 1.165) is 11.3 Å². The Morgan fingerprint density at radius 3 is 2.68 bits per heavy atom. The molecule has 1 rings (SSSR count). The summed E-state index contributed by atoms with van der Waals surface area (Å²) in [5, 5.41) is 10.5. The molecule has 0 saturated carbocycles. The third-order valence-corrected chi connectivity index (χ3v) is 5.40. The van der Waals surface area contributed by atoms with Crippen molar-refractivity contribution in [3.05, 3.63) is 16.3 Å². The minimum absolute atomic E-state index is 0.00658. The first kappa shape index (κ1) is 16.1. The number of ether oxygens (including phenoxy) is 1. The van der Waals surface area contributed by atoms with Gasteiger partial charge in [0.05, 0.1) is 13.7 Å². The fourth-order valence-corrected chi connectivity index (χ4v) is 4.43. The Labute approximate surface area is 116 Å². The topological polar surface area (TPSA) is 83.9 Å². The van der Waals surface area contributed by atoms with Crippen LogP contribution in [0.3, 0.4) is 0 Å². The van der Waals surface area contributed by atoms with Gasteiger partial charge in [0, 0.05) is 13.1 Å². The fraction of sp³-hybridized carbons (Fsp3) is 0.545. The van der Waals surface area contributed by atoms with Crippen LogP contribution < -0.4 is 0 Å². The predicted octanol–water partition coefficient (Wildman–Crippen LogP) is 0.928. The van der Waals surface area contributed by atoms with E-state index < -0.39 is 16.0 Å². The third-order valence-electron chi connectivity index (χ3n) is 2.44. The number of thiophene rings is 1. The van der Waals surface area contributed by atoms with Gasteiger partial charge in [-0.3, -0.25) is 0 Å². The Hall–Kier alpha value is -0.960. The number of hydrogen-bond donors (Lipinski definition) is 1. The molecule has 8 heteroatoms. The van der Waals surface area contributed by atoms with Gasteiger partial charge in [0.25, 0.3) is 0 Å². The number of aliphatic hydroxyl groups is 1. The van der Waals surface area contributed by atoms with E-state index in [0.29, 0.717) is 13.0 Å². The summed E-state index contributed by atoms with van der Waals surface area (Å²) in [6.45, 7) is 1.87. The van der Waals surface area contributed by atoms with Crippen LogP contribution in [-0.4, -0.2) is 50.6 Å². The van der Waals surface area contributed by atoms with E-state index in [2.05, 4.69) is 4.74 Å². The molecule has 0 spiro atoms. The molecule has 0 saturated heterocycles. The van der Waals surface area contributed by atoms with Crippen LogP contribution in [0.15, 0.2) is 16.3 Å². The largest absolute Gasteiger partial charge is 0.465 e. The van der Waals surface area contributed by atoms with Gasteiger partial charge < -0.3 is 9.84 Å². The fourth-order valence-electron chi connectivity index (χ4n) is 1.59. The van der Waals surface area contributed by atoms with Gasteiger partial charge in [0.2, 0.25) is 10.0 Å². The van der Waals surface area contributed by atoms with Crippen LogP contribution in [-0.2, 0) is 14.8 Å². The van der Waals surface area contributed by atoms with Crippen molar-refractivity contribution in [2.75, 3.05) is 26.8 Å². The van der Waals surface area contributed by atoms with Crippen molar-refractivity contribution in [3.63, 3.8) is 0 Å². The number of sulfonamides is 1. The van der Waals surface area contributed by atoms with Gasteiger partial charge in [-0.2, -0.15) is 4.31 Å². The summed E-state index contributed by atoms with van der Waals surface area (Å²) >= 11 is 1.02. The van der Waals surface area contributed by atoms with E-state index in [4.69, 9.17) is 5.11 Å². The van der Waals surface area contributed by atoms with Gasteiger partial charge >= 0.3 is 5.97 Å². The summed E-state index contributed by atoms with van der Waals surface area (Å²) in [6, 6.07) is 1.38. The number of carbonyl (C=O) groups excluding carboxylic acids is 1. The molecule has 19 heavy (non-hydrogen) atoms. The molecule has 0 aliphatic carbocycles. The summed E-state index contributed by atoms with van der Waals surface area (Å²) in [5.74, 6) is -0.672. The smallest absolute Gasteiger partial charge is 0.349 e. The van der Waals surface area contributed by atoms with Crippen molar-refractivity contribution < 1.29 is 23.1 Å². The van der Waals surface area contributed by atoms with E-state index in [9.17, 15) is 13.2 Å². The number of esters is 1. The number of nitrogens with zero attached hydrogens (tertiary/aromatic N) is 1. The molecular weight excluding hydrogens is 290 g/mol. The maximum atomic E-state index is 12.4. The maximum Gasteiger partial charge on any atom is 0.349 e. The summed E-state index contributed by atoms with van der Waals surface area (Å²) < 4.78 is 30.6. The normalized spacial score (nSPS) is 11.8. The molecular formula is C11H17NO5S2. The Morgan fingerprint density at radius 1 is 1.47 bits per heavy atom. The number of rotatable bonds is 7. The molecule has 0 radical (unpaired) electrons. The molecule has 0 amide bonds. The number of aliphatic hydroxyl groups excluding tert-OH is 1. The average Bonchev–Trinajstić information content (AvgIpc) is 2.87. The van der Waals surface area contributed by atoms with E-state index in [1.807, 2.05) is 6.92 Å². The second kappa shape index (κ2) is 6.99. The first-order valence-electron chi connectivity index (χ1n) is 5.75. The molecule has 1 heterocycles. The Bertz CT molecular complexity index is 517. The average molecular weight is 307 g/mol. The van der Waals surface area contributed by atoms with Crippen molar-refractivity contribution in [1.29, 1.82) is 0 Å². The van der Waals surface area contributed by atoms with Crippen LogP contribution in [0.2, 0.25) is 0 Å². The zero-order valence-corrected chi connectivity index (χ0v) is 12.5. The van der Waals surface area contributed by atoms with Crippen molar-refractivity contribution in [2.45, 2.75) is 18.2 Å². The summed E-state index contributed by atoms with van der Waals surface area (Å²) in [7, 11) is -2.58. The van der Waals surface area contributed by atoms with E-state index in [1.54, 1.807) is 0 Å². The van der Waals surface area contributed by atoms with Crippen molar-refractivity contribution >= 4 is 27.3 Å². The third kappa shape index (κ3) is 3.53. The lowest BCUT2D eigenvalue weighted by molar-refractivity contribution is 0.0602. The van der Waals surface area contributed by atoms with Crippen LogP contribution in [0, 0.1) is 0 Å². The zero-order chi connectivity index (χ0) is 14.5. The highest BCUT2D eigenvalue weighted by atomic mass is 32.2. The SMILES string of the molecule is CCCN(CCO)S(=O)(=O)c1ccsc1C(=O)OC. The first-order chi connectivity index (χ1) is 8.98. The second-order valence-corrected chi connectivity index (χ2v) is 6.56. The predicted molar refractivity (Wildman–Crippen MR) is 71.8 cm³/mol. The summed E-state index contributed by atoms with van der Waals surface area (Å²) in [6.07, 6.45) is 0.622. The molecule has 0 atom stereocenters. The lowest BCUT2D eigenvalue weighted by Gasteiger charge is -2.20. The Morgan fingerprint density at radius 2 is 2.16 bits per heavy atom. The number of methoxy groups -OCH3 is 1. The lowest BCUT2D eigenvalue weighted by Crippen LogP contribution is -2.34. The molecule has 1 aromatic rings. The Kier molecular flexibility index (Phi) is 5.92. The molecule has 6 nitrogen and oxygen atoms in total. The van der Waals surface area contributed by atoms with Crippen LogP contribution in [0.1, 0.15) is 23.0 Å². The van der Waals surface area contributed by atoms with Crippen LogP contribution in [0.5, 0.6) is 0 Å². The number of hydrogen-bond acceptors (Lipinski definition) is 6. The number of carbonyl (C=O) groups is 1. The highest BCUT2D eigenvalue weighted by Crippen LogP contribution is 2.26. The van der Waals surface area contributed by atoms with Crippen LogP contribution in [0.25, 0.3) is 0 Å². The van der Waals surface area contributed by atoms with Gasteiger partial charge in [0.1, 0.15) is 9.77 Å². The van der Waals surface area contributed by atoms with Crippen molar-refractivity contribution in [2.24, 2.45) is 0 Å². The Balaban J connectivity index is 3.18. The molecule has 0 aliphatic heterocycles. The molecule has 1 N–H and O–H groups in total. The van der Waals surface area contributed by atoms with Gasteiger partial charge in [-0.15, -0.1) is 11.3 Å². The van der Waals surface area contributed by atoms with Crippen molar-refractivity contribution in [1.82, 2.24) is 4.31 Å². The molecule has 0 fully saturated rings. The van der Waals surface area contributed by atoms with Crippen LogP contribution in [0.4, 0.5) is 0 Å². The summed E-state index contributed by atoms with van der Waals surface area (Å²) in [5.41, 5.74) is 0. The quantitative estimate of drug-likeness (QED) is 0.758. The lowest BCUT2D eigenvalue weighted by atomic mass is 10.5. The molecule has 0 unspecified atom stereocenters. The zero-order valence-electron chi connectivity index (χ0n) is 10.8. The monoisotopic (exact) mass is 307 g/mol. The van der Waals surface area contributed by atoms with E-state index in [-0.39, 0.29) is 22.9 Å². The molecule has 0 bridgehead atoms. The highest BCUT2D eigenvalue weighted by Gasteiger charge is 2.29. The van der Waals surface area contributed by atoms with Gasteiger partial charge in [0.15, 0.2) is 0 Å². The standard InChI is InChI=1S/C11H17NO5S2/c1-3-5-12(6-7-13)19(15,16)9-4-8-18-10(9)11(14)17-2/h4,8,13H,3,5-7H2,1-2H3. The van der Waals surface area contributed by atoms with Crippen molar-refractivity contribution in [3.8, 4) is 0 Å². The minimum Gasteiger partial charge on any atom is -0.465 e. The second-order valence-electron chi connectivity index (χ2n) is 3.73. The van der Waals surface area contributed by atoms with E-state index in [1.165, 1.54) is 22.9 Å². The molecule has 0 aromatic carbocycles. The first-order valence-corrected chi connectivity index (χ1v) is 8.07. The molecule has 0 aliphatic rings. The van der Waals surface area contributed by atoms with E-state index >= 15 is 0 Å².